The Morgan fingerprint density at radius 2 is 1.62 bits per heavy atom. The average Bonchev–Trinajstić information content (AvgIpc) is 2.57. The van der Waals surface area contributed by atoms with Crippen molar-refractivity contribution in [1.82, 2.24) is 25.6 Å². The lowest BCUT2D eigenvalue weighted by Gasteiger charge is -2.33. The van der Waals surface area contributed by atoms with Crippen LogP contribution in [0.25, 0.3) is 0 Å². The normalized spacial score (nSPS) is 20.5. The van der Waals surface area contributed by atoms with E-state index in [1.165, 1.54) is 0 Å². The molecule has 0 aromatic heterocycles. The molecule has 2 saturated heterocycles. The molecule has 0 bridgehead atoms. The highest BCUT2D eigenvalue weighted by atomic mass is 16.6. The molecule has 2 heterocycles. The minimum Gasteiger partial charge on any atom is -0.450 e. The van der Waals surface area contributed by atoms with Gasteiger partial charge in [0.1, 0.15) is 0 Å². The summed E-state index contributed by atoms with van der Waals surface area (Å²) in [6, 6.07) is -0.0959. The zero-order chi connectivity index (χ0) is 17.5. The van der Waals surface area contributed by atoms with Gasteiger partial charge in [0, 0.05) is 45.3 Å². The molecular weight excluding hydrogens is 314 g/mol. The number of piperazine rings is 1. The van der Waals surface area contributed by atoms with Crippen molar-refractivity contribution in [3.8, 4) is 0 Å². The molecule has 0 radical (unpaired) electrons. The number of likely N-dealkylation sites (N-methyl/N-ethyl adjacent to an activating group) is 1. The average molecular weight is 341 g/mol. The number of hydrazine groups is 1. The lowest BCUT2D eigenvalue weighted by atomic mass is 10.1. The van der Waals surface area contributed by atoms with Crippen LogP contribution >= 0.6 is 0 Å². The molecule has 0 saturated carbocycles. The van der Waals surface area contributed by atoms with Gasteiger partial charge in [0.2, 0.25) is 0 Å². The highest BCUT2D eigenvalue weighted by molar-refractivity contribution is 6.35. The number of hydrogen-bond acceptors (Lipinski definition) is 6. The number of nitrogens with one attached hydrogen (secondary N) is 2. The first-order valence-electron chi connectivity index (χ1n) is 8.46. The van der Waals surface area contributed by atoms with E-state index in [1.807, 2.05) is 7.05 Å². The minimum atomic E-state index is -0.632. The van der Waals surface area contributed by atoms with Crippen LogP contribution in [0.15, 0.2) is 0 Å². The van der Waals surface area contributed by atoms with Crippen molar-refractivity contribution >= 4 is 17.9 Å². The standard InChI is InChI=1S/C15H27N5O4/c1-3-24-15(23)19-6-4-12(5-7-19)16-13(21)14(22)17-20-10-8-18(2)9-11-20/h12H,3-11H2,1-2H3,(H,16,21)(H,17,22). The van der Waals surface area contributed by atoms with Crippen molar-refractivity contribution in [2.75, 3.05) is 52.9 Å². The molecule has 3 amide bonds. The predicted molar refractivity (Wildman–Crippen MR) is 87.0 cm³/mol. The van der Waals surface area contributed by atoms with Gasteiger partial charge in [0.05, 0.1) is 6.61 Å². The zero-order valence-corrected chi connectivity index (χ0v) is 14.4. The molecule has 0 atom stereocenters. The maximum Gasteiger partial charge on any atom is 0.409 e. The molecule has 0 aliphatic carbocycles. The summed E-state index contributed by atoms with van der Waals surface area (Å²) in [5.74, 6) is -1.25. The van der Waals surface area contributed by atoms with Crippen LogP contribution in [0.3, 0.4) is 0 Å². The maximum atomic E-state index is 12.0. The second kappa shape index (κ2) is 8.84. The van der Waals surface area contributed by atoms with Gasteiger partial charge in [0.25, 0.3) is 0 Å². The topological polar surface area (TPSA) is 94.2 Å². The number of carbonyl (C=O) groups excluding carboxylic acids is 3. The van der Waals surface area contributed by atoms with E-state index in [2.05, 4.69) is 15.6 Å². The molecule has 0 aromatic rings. The van der Waals surface area contributed by atoms with Crippen molar-refractivity contribution in [3.05, 3.63) is 0 Å². The van der Waals surface area contributed by atoms with Crippen molar-refractivity contribution < 1.29 is 19.1 Å². The van der Waals surface area contributed by atoms with Gasteiger partial charge in [-0.05, 0) is 26.8 Å². The number of likely N-dealkylation sites (tertiary alicyclic amines) is 1. The smallest absolute Gasteiger partial charge is 0.409 e. The molecule has 2 aliphatic heterocycles. The Kier molecular flexibility index (Phi) is 6.80. The molecule has 2 N–H and O–H groups in total. The Bertz CT molecular complexity index is 457. The summed E-state index contributed by atoms with van der Waals surface area (Å²) in [7, 11) is 2.02. The molecule has 9 heteroatoms. The highest BCUT2D eigenvalue weighted by Crippen LogP contribution is 2.11. The quantitative estimate of drug-likeness (QED) is 0.640. The highest BCUT2D eigenvalue weighted by Gasteiger charge is 2.27. The lowest BCUT2D eigenvalue weighted by molar-refractivity contribution is -0.143. The van der Waals surface area contributed by atoms with Crippen molar-refractivity contribution in [1.29, 1.82) is 0 Å². The van der Waals surface area contributed by atoms with Gasteiger partial charge in [-0.3, -0.25) is 15.0 Å². The Labute approximate surface area is 142 Å². The van der Waals surface area contributed by atoms with Gasteiger partial charge >= 0.3 is 17.9 Å². The molecule has 0 spiro atoms. The van der Waals surface area contributed by atoms with Gasteiger partial charge in [0.15, 0.2) is 0 Å². The van der Waals surface area contributed by atoms with Crippen LogP contribution in [0.5, 0.6) is 0 Å². The van der Waals surface area contributed by atoms with E-state index >= 15 is 0 Å². The lowest BCUT2D eigenvalue weighted by Crippen LogP contribution is -2.56. The third-order valence-electron chi connectivity index (χ3n) is 4.33. The summed E-state index contributed by atoms with van der Waals surface area (Å²) in [5, 5.41) is 4.51. The van der Waals surface area contributed by atoms with Crippen LogP contribution in [0.4, 0.5) is 4.79 Å². The molecular formula is C15H27N5O4. The summed E-state index contributed by atoms with van der Waals surface area (Å²) in [4.78, 5) is 39.4. The Morgan fingerprint density at radius 1 is 1.00 bits per heavy atom. The van der Waals surface area contributed by atoms with Crippen LogP contribution < -0.4 is 10.7 Å². The monoisotopic (exact) mass is 341 g/mol. The fourth-order valence-electron chi connectivity index (χ4n) is 2.78. The Balaban J connectivity index is 1.69. The predicted octanol–water partition coefficient (Wildman–Crippen LogP) is -0.998. The van der Waals surface area contributed by atoms with Crippen molar-refractivity contribution in [2.45, 2.75) is 25.8 Å². The van der Waals surface area contributed by atoms with Gasteiger partial charge in [-0.15, -0.1) is 0 Å². The molecule has 136 valence electrons. The Morgan fingerprint density at radius 3 is 2.21 bits per heavy atom. The number of nitrogens with zero attached hydrogens (tertiary/aromatic N) is 3. The first-order valence-corrected chi connectivity index (χ1v) is 8.46. The van der Waals surface area contributed by atoms with Crippen LogP contribution in [-0.4, -0.2) is 91.7 Å². The fourth-order valence-corrected chi connectivity index (χ4v) is 2.78. The van der Waals surface area contributed by atoms with E-state index in [9.17, 15) is 14.4 Å². The molecule has 2 rings (SSSR count). The van der Waals surface area contributed by atoms with E-state index in [-0.39, 0.29) is 12.1 Å². The SMILES string of the molecule is CCOC(=O)N1CCC(NC(=O)C(=O)NN2CCN(C)CC2)CC1. The molecule has 2 fully saturated rings. The van der Waals surface area contributed by atoms with Crippen LogP contribution in [-0.2, 0) is 14.3 Å². The van der Waals surface area contributed by atoms with E-state index in [0.717, 1.165) is 13.1 Å². The molecule has 2 aliphatic rings. The molecule has 0 aromatic carbocycles. The number of piperidine rings is 1. The third-order valence-corrected chi connectivity index (χ3v) is 4.33. The third kappa shape index (κ3) is 5.34. The van der Waals surface area contributed by atoms with Crippen LogP contribution in [0.1, 0.15) is 19.8 Å². The van der Waals surface area contributed by atoms with E-state index in [1.54, 1.807) is 16.8 Å². The number of rotatable bonds is 3. The van der Waals surface area contributed by atoms with Gasteiger partial charge in [-0.2, -0.15) is 0 Å². The fraction of sp³-hybridized carbons (Fsp3) is 0.800. The van der Waals surface area contributed by atoms with Crippen LogP contribution in [0.2, 0.25) is 0 Å². The summed E-state index contributed by atoms with van der Waals surface area (Å²) < 4.78 is 4.95. The van der Waals surface area contributed by atoms with E-state index in [4.69, 9.17) is 4.74 Å². The van der Waals surface area contributed by atoms with Gasteiger partial charge in [-0.1, -0.05) is 0 Å². The maximum absolute atomic E-state index is 12.0. The van der Waals surface area contributed by atoms with Gasteiger partial charge in [-0.25, -0.2) is 9.80 Å². The molecule has 0 unspecified atom stereocenters. The second-order valence-electron chi connectivity index (χ2n) is 6.16. The largest absolute Gasteiger partial charge is 0.450 e. The summed E-state index contributed by atoms with van der Waals surface area (Å²) in [6.07, 6.45) is 0.911. The number of hydrogen-bond donors (Lipinski definition) is 2. The second-order valence-corrected chi connectivity index (χ2v) is 6.16. The van der Waals surface area contributed by atoms with Crippen molar-refractivity contribution in [3.63, 3.8) is 0 Å². The molecule has 24 heavy (non-hydrogen) atoms. The summed E-state index contributed by atoms with van der Waals surface area (Å²) in [6.45, 7) is 6.27. The minimum absolute atomic E-state index is 0.0959. The first-order chi connectivity index (χ1) is 11.5. The first kappa shape index (κ1) is 18.5. The number of ether oxygens (including phenoxy) is 1. The van der Waals surface area contributed by atoms with E-state index < -0.39 is 11.8 Å². The summed E-state index contributed by atoms with van der Waals surface area (Å²) >= 11 is 0. The van der Waals surface area contributed by atoms with E-state index in [0.29, 0.717) is 45.6 Å². The number of carbonyl (C=O) groups is 3. The zero-order valence-electron chi connectivity index (χ0n) is 14.4. The molecule has 9 nitrogen and oxygen atoms in total. The van der Waals surface area contributed by atoms with Crippen LogP contribution in [0, 0.1) is 0 Å². The number of amides is 3. The van der Waals surface area contributed by atoms with Crippen molar-refractivity contribution in [2.24, 2.45) is 0 Å². The van der Waals surface area contributed by atoms with Gasteiger partial charge < -0.3 is 19.9 Å². The Hall–Kier alpha value is -1.87. The summed E-state index contributed by atoms with van der Waals surface area (Å²) in [5.41, 5.74) is 2.64.